The molecule has 1 aromatic carbocycles. The number of benzene rings is 1. The van der Waals surface area contributed by atoms with Crippen molar-refractivity contribution in [2.75, 3.05) is 5.32 Å². The Balaban J connectivity index is 3.10. The van der Waals surface area contributed by atoms with Crippen LogP contribution in [0.15, 0.2) is 18.2 Å². The number of nitrogens with one attached hydrogen (secondary N) is 1. The van der Waals surface area contributed by atoms with Crippen LogP contribution in [-0.2, 0) is 12.7 Å². The molecule has 0 saturated carbocycles. The zero-order chi connectivity index (χ0) is 13.8. The standard InChI is InChI=1S/C13H19F3N2/c1-3-10(4-2)18-12-6-5-9(8-17)7-11(12)13(14,15)16/h5-7,10,18H,3-4,8,17H2,1-2H3. The van der Waals surface area contributed by atoms with E-state index < -0.39 is 11.7 Å². The molecule has 0 amide bonds. The van der Waals surface area contributed by atoms with Crippen molar-refractivity contribution >= 4 is 5.69 Å². The van der Waals surface area contributed by atoms with E-state index in [2.05, 4.69) is 5.32 Å². The highest BCUT2D eigenvalue weighted by molar-refractivity contribution is 5.54. The number of alkyl halides is 3. The quantitative estimate of drug-likeness (QED) is 0.845. The summed E-state index contributed by atoms with van der Waals surface area (Å²) in [6.07, 6.45) is -2.79. The summed E-state index contributed by atoms with van der Waals surface area (Å²) in [4.78, 5) is 0. The highest BCUT2D eigenvalue weighted by Gasteiger charge is 2.34. The number of anilines is 1. The monoisotopic (exact) mass is 260 g/mol. The average molecular weight is 260 g/mol. The molecule has 5 heteroatoms. The molecule has 0 atom stereocenters. The summed E-state index contributed by atoms with van der Waals surface area (Å²) in [5.41, 5.74) is 5.35. The first-order valence-electron chi connectivity index (χ1n) is 6.09. The summed E-state index contributed by atoms with van der Waals surface area (Å²) in [5, 5.41) is 2.94. The number of nitrogens with two attached hydrogens (primary N) is 1. The maximum Gasteiger partial charge on any atom is 0.418 e. The van der Waals surface area contributed by atoms with E-state index in [0.717, 1.165) is 18.9 Å². The molecule has 102 valence electrons. The van der Waals surface area contributed by atoms with Gasteiger partial charge in [-0.15, -0.1) is 0 Å². The van der Waals surface area contributed by atoms with Gasteiger partial charge in [0, 0.05) is 18.3 Å². The van der Waals surface area contributed by atoms with E-state index in [4.69, 9.17) is 5.73 Å². The van der Waals surface area contributed by atoms with Crippen molar-refractivity contribution in [3.05, 3.63) is 29.3 Å². The van der Waals surface area contributed by atoms with Gasteiger partial charge >= 0.3 is 6.18 Å². The second-order valence-electron chi connectivity index (χ2n) is 4.24. The number of halogens is 3. The van der Waals surface area contributed by atoms with Gasteiger partial charge in [-0.25, -0.2) is 0 Å². The molecule has 1 rings (SSSR count). The van der Waals surface area contributed by atoms with Gasteiger partial charge in [0.2, 0.25) is 0 Å². The van der Waals surface area contributed by atoms with Gasteiger partial charge in [0.25, 0.3) is 0 Å². The van der Waals surface area contributed by atoms with Crippen LogP contribution >= 0.6 is 0 Å². The molecule has 0 spiro atoms. The van der Waals surface area contributed by atoms with E-state index in [0.29, 0.717) is 5.56 Å². The third-order valence-corrected chi connectivity index (χ3v) is 2.97. The van der Waals surface area contributed by atoms with E-state index in [1.807, 2.05) is 13.8 Å². The Hall–Kier alpha value is -1.23. The molecule has 0 unspecified atom stereocenters. The first-order valence-corrected chi connectivity index (χ1v) is 6.09. The first kappa shape index (κ1) is 14.8. The van der Waals surface area contributed by atoms with E-state index in [-0.39, 0.29) is 18.3 Å². The summed E-state index contributed by atoms with van der Waals surface area (Å²) in [6, 6.07) is 4.25. The summed E-state index contributed by atoms with van der Waals surface area (Å²) in [6.45, 7) is 4.00. The summed E-state index contributed by atoms with van der Waals surface area (Å²) < 4.78 is 38.8. The summed E-state index contributed by atoms with van der Waals surface area (Å²) in [7, 11) is 0. The molecule has 0 bridgehead atoms. The van der Waals surface area contributed by atoms with Gasteiger partial charge < -0.3 is 11.1 Å². The van der Waals surface area contributed by atoms with E-state index >= 15 is 0 Å². The average Bonchev–Trinajstić information content (AvgIpc) is 2.34. The maximum atomic E-state index is 12.9. The zero-order valence-corrected chi connectivity index (χ0v) is 10.6. The molecule has 18 heavy (non-hydrogen) atoms. The Morgan fingerprint density at radius 1 is 1.22 bits per heavy atom. The Labute approximate surface area is 105 Å². The highest BCUT2D eigenvalue weighted by Crippen LogP contribution is 2.36. The minimum atomic E-state index is -4.36. The van der Waals surface area contributed by atoms with Crippen LogP contribution in [0.3, 0.4) is 0 Å². The lowest BCUT2D eigenvalue weighted by Gasteiger charge is -2.21. The molecule has 0 aromatic heterocycles. The van der Waals surface area contributed by atoms with Crippen molar-refractivity contribution in [2.45, 2.75) is 45.5 Å². The Bertz CT molecular complexity index is 384. The fourth-order valence-electron chi connectivity index (χ4n) is 1.79. The molecular weight excluding hydrogens is 241 g/mol. The van der Waals surface area contributed by atoms with Gasteiger partial charge in [0.15, 0.2) is 0 Å². The lowest BCUT2D eigenvalue weighted by atomic mass is 10.1. The van der Waals surface area contributed by atoms with E-state index in [1.165, 1.54) is 6.07 Å². The van der Waals surface area contributed by atoms with Gasteiger partial charge in [-0.3, -0.25) is 0 Å². The van der Waals surface area contributed by atoms with Gasteiger partial charge in [-0.1, -0.05) is 19.9 Å². The minimum absolute atomic E-state index is 0.0508. The first-order chi connectivity index (χ1) is 8.42. The van der Waals surface area contributed by atoms with Crippen molar-refractivity contribution < 1.29 is 13.2 Å². The molecule has 0 fully saturated rings. The van der Waals surface area contributed by atoms with Crippen LogP contribution < -0.4 is 11.1 Å². The summed E-state index contributed by atoms with van der Waals surface area (Å²) in [5.74, 6) is 0. The van der Waals surface area contributed by atoms with Gasteiger partial charge in [-0.05, 0) is 30.5 Å². The van der Waals surface area contributed by atoms with Crippen LogP contribution in [0.25, 0.3) is 0 Å². The van der Waals surface area contributed by atoms with Crippen LogP contribution in [0.1, 0.15) is 37.8 Å². The van der Waals surface area contributed by atoms with Crippen LogP contribution in [0.5, 0.6) is 0 Å². The van der Waals surface area contributed by atoms with Crippen LogP contribution in [-0.4, -0.2) is 6.04 Å². The second-order valence-corrected chi connectivity index (χ2v) is 4.24. The van der Waals surface area contributed by atoms with E-state index in [9.17, 15) is 13.2 Å². The third kappa shape index (κ3) is 3.63. The van der Waals surface area contributed by atoms with Crippen LogP contribution in [0.4, 0.5) is 18.9 Å². The molecular formula is C13H19F3N2. The normalized spacial score (nSPS) is 11.9. The molecule has 0 radical (unpaired) electrons. The molecule has 0 aliphatic rings. The Kier molecular flexibility index (Phi) is 5.02. The van der Waals surface area contributed by atoms with Gasteiger partial charge in [0.05, 0.1) is 5.56 Å². The van der Waals surface area contributed by atoms with Crippen molar-refractivity contribution in [1.29, 1.82) is 0 Å². The third-order valence-electron chi connectivity index (χ3n) is 2.97. The van der Waals surface area contributed by atoms with Crippen molar-refractivity contribution in [3.63, 3.8) is 0 Å². The molecule has 1 aromatic rings. The molecule has 2 nitrogen and oxygen atoms in total. The predicted octanol–water partition coefficient (Wildman–Crippen LogP) is 3.76. The van der Waals surface area contributed by atoms with Crippen LogP contribution in [0.2, 0.25) is 0 Å². The van der Waals surface area contributed by atoms with Crippen molar-refractivity contribution in [1.82, 2.24) is 0 Å². The topological polar surface area (TPSA) is 38.0 Å². The SMILES string of the molecule is CCC(CC)Nc1ccc(CN)cc1C(F)(F)F. The molecule has 0 heterocycles. The maximum absolute atomic E-state index is 12.9. The molecule has 3 N–H and O–H groups in total. The molecule has 0 aliphatic carbocycles. The zero-order valence-electron chi connectivity index (χ0n) is 10.6. The minimum Gasteiger partial charge on any atom is -0.382 e. The predicted molar refractivity (Wildman–Crippen MR) is 67.3 cm³/mol. The lowest BCUT2D eigenvalue weighted by Crippen LogP contribution is -2.20. The summed E-state index contributed by atoms with van der Waals surface area (Å²) >= 11 is 0. The Morgan fingerprint density at radius 2 is 1.83 bits per heavy atom. The number of rotatable bonds is 5. The second kappa shape index (κ2) is 6.09. The van der Waals surface area contributed by atoms with Gasteiger partial charge in [0.1, 0.15) is 0 Å². The fraction of sp³-hybridized carbons (Fsp3) is 0.538. The lowest BCUT2D eigenvalue weighted by molar-refractivity contribution is -0.137. The van der Waals surface area contributed by atoms with E-state index in [1.54, 1.807) is 6.07 Å². The van der Waals surface area contributed by atoms with Crippen LogP contribution in [0, 0.1) is 0 Å². The number of hydrogen-bond donors (Lipinski definition) is 2. The van der Waals surface area contributed by atoms with Gasteiger partial charge in [-0.2, -0.15) is 13.2 Å². The smallest absolute Gasteiger partial charge is 0.382 e. The van der Waals surface area contributed by atoms with Crippen molar-refractivity contribution in [2.24, 2.45) is 5.73 Å². The number of hydrogen-bond acceptors (Lipinski definition) is 2. The highest BCUT2D eigenvalue weighted by atomic mass is 19.4. The van der Waals surface area contributed by atoms with Crippen molar-refractivity contribution in [3.8, 4) is 0 Å². The Morgan fingerprint density at radius 3 is 2.28 bits per heavy atom. The molecule has 0 aliphatic heterocycles. The molecule has 0 saturated heterocycles. The largest absolute Gasteiger partial charge is 0.418 e. The fourth-order valence-corrected chi connectivity index (χ4v) is 1.79.